The number of hydrogen-bond acceptors (Lipinski definition) is 5. The van der Waals surface area contributed by atoms with Crippen molar-refractivity contribution in [3.63, 3.8) is 0 Å². The maximum Gasteiger partial charge on any atom is 0.226 e. The average molecular weight is 450 g/mol. The molecule has 4 rings (SSSR count). The molecule has 0 saturated carbocycles. The molecule has 1 N–H and O–H groups in total. The van der Waals surface area contributed by atoms with Gasteiger partial charge in [0, 0.05) is 36.6 Å². The molecule has 1 aliphatic rings. The van der Waals surface area contributed by atoms with Gasteiger partial charge in [-0.15, -0.1) is 11.3 Å². The molecule has 0 aliphatic carbocycles. The van der Waals surface area contributed by atoms with Gasteiger partial charge in [-0.25, -0.2) is 4.98 Å². The normalized spacial score (nSPS) is 14.6. The molecule has 2 heterocycles. The Morgan fingerprint density at radius 3 is 2.69 bits per heavy atom. The third kappa shape index (κ3) is 5.56. The molecule has 32 heavy (non-hydrogen) atoms. The van der Waals surface area contributed by atoms with Crippen LogP contribution in [-0.2, 0) is 24.2 Å². The van der Waals surface area contributed by atoms with Crippen molar-refractivity contribution in [2.45, 2.75) is 45.7 Å². The summed E-state index contributed by atoms with van der Waals surface area (Å²) >= 11 is 1.57. The van der Waals surface area contributed by atoms with E-state index in [4.69, 9.17) is 4.74 Å². The first kappa shape index (κ1) is 22.5. The number of ether oxygens (including phenoxy) is 1. The summed E-state index contributed by atoms with van der Waals surface area (Å²) < 4.78 is 5.50. The number of carbonyl (C=O) groups excluding carboxylic acids is 1. The van der Waals surface area contributed by atoms with Crippen LogP contribution in [0.5, 0.6) is 5.75 Å². The van der Waals surface area contributed by atoms with Crippen molar-refractivity contribution in [2.75, 3.05) is 19.7 Å². The SMILES string of the molecule is CCOc1ccc(-c2nc(CC(=O)NCC(CC)N3CCc4ccccc4C3)cs2)cc1. The summed E-state index contributed by atoms with van der Waals surface area (Å²) in [6, 6.07) is 17.0. The van der Waals surface area contributed by atoms with Crippen molar-refractivity contribution < 1.29 is 9.53 Å². The molecule has 168 valence electrons. The summed E-state index contributed by atoms with van der Waals surface area (Å²) in [5.74, 6) is 0.888. The summed E-state index contributed by atoms with van der Waals surface area (Å²) in [5, 5.41) is 6.04. The van der Waals surface area contributed by atoms with Crippen molar-refractivity contribution in [1.82, 2.24) is 15.2 Å². The molecule has 1 aromatic heterocycles. The highest BCUT2D eigenvalue weighted by atomic mass is 32.1. The fraction of sp³-hybridized carbons (Fsp3) is 0.385. The Kier molecular flexibility index (Phi) is 7.55. The lowest BCUT2D eigenvalue weighted by Crippen LogP contribution is -2.46. The Labute approximate surface area is 194 Å². The second kappa shape index (κ2) is 10.7. The minimum atomic E-state index is 0.0319. The van der Waals surface area contributed by atoms with Crippen molar-refractivity contribution in [1.29, 1.82) is 0 Å². The smallest absolute Gasteiger partial charge is 0.226 e. The summed E-state index contributed by atoms with van der Waals surface area (Å²) in [6.07, 6.45) is 2.40. The van der Waals surface area contributed by atoms with E-state index in [0.29, 0.717) is 25.6 Å². The molecule has 0 saturated heterocycles. The molecule has 1 aliphatic heterocycles. The molecule has 0 bridgehead atoms. The number of fused-ring (bicyclic) bond motifs is 1. The van der Waals surface area contributed by atoms with E-state index in [1.54, 1.807) is 11.3 Å². The van der Waals surface area contributed by atoms with Crippen LogP contribution in [0.25, 0.3) is 10.6 Å². The molecule has 3 aromatic rings. The molecule has 0 spiro atoms. The van der Waals surface area contributed by atoms with Gasteiger partial charge in [-0.05, 0) is 55.2 Å². The van der Waals surface area contributed by atoms with Gasteiger partial charge in [0.1, 0.15) is 10.8 Å². The third-order valence-corrected chi connectivity index (χ3v) is 6.93. The number of hydrogen-bond donors (Lipinski definition) is 1. The van der Waals surface area contributed by atoms with Crippen LogP contribution in [0.4, 0.5) is 0 Å². The number of amides is 1. The van der Waals surface area contributed by atoms with Gasteiger partial charge in [0.25, 0.3) is 0 Å². The monoisotopic (exact) mass is 449 g/mol. The fourth-order valence-electron chi connectivity index (χ4n) is 4.20. The van der Waals surface area contributed by atoms with Crippen LogP contribution >= 0.6 is 11.3 Å². The Bertz CT molecular complexity index is 1030. The number of aromatic nitrogens is 1. The molecular formula is C26H31N3O2S. The molecule has 1 amide bonds. The van der Waals surface area contributed by atoms with E-state index >= 15 is 0 Å². The largest absolute Gasteiger partial charge is 0.494 e. The number of thiazole rings is 1. The Morgan fingerprint density at radius 2 is 1.94 bits per heavy atom. The first-order valence-corrected chi connectivity index (χ1v) is 12.3. The first-order valence-electron chi connectivity index (χ1n) is 11.4. The molecule has 5 nitrogen and oxygen atoms in total. The van der Waals surface area contributed by atoms with Gasteiger partial charge in [0.2, 0.25) is 5.91 Å². The zero-order valence-electron chi connectivity index (χ0n) is 18.8. The molecule has 2 aromatic carbocycles. The van der Waals surface area contributed by atoms with Crippen LogP contribution in [0.1, 0.15) is 37.1 Å². The highest BCUT2D eigenvalue weighted by Gasteiger charge is 2.22. The van der Waals surface area contributed by atoms with Crippen LogP contribution in [-0.4, -0.2) is 41.5 Å². The average Bonchev–Trinajstić information content (AvgIpc) is 3.28. The Balaban J connectivity index is 1.29. The maximum absolute atomic E-state index is 12.6. The number of carbonyl (C=O) groups is 1. The van der Waals surface area contributed by atoms with Gasteiger partial charge in [0.15, 0.2) is 0 Å². The summed E-state index contributed by atoms with van der Waals surface area (Å²) in [6.45, 7) is 7.50. The van der Waals surface area contributed by atoms with Crippen molar-refractivity contribution >= 4 is 17.2 Å². The number of nitrogens with one attached hydrogen (secondary N) is 1. The molecule has 0 radical (unpaired) electrons. The number of benzene rings is 2. The molecule has 1 unspecified atom stereocenters. The predicted octanol–water partition coefficient (Wildman–Crippen LogP) is 4.70. The number of rotatable bonds is 9. The predicted molar refractivity (Wildman–Crippen MR) is 130 cm³/mol. The van der Waals surface area contributed by atoms with Gasteiger partial charge in [-0.2, -0.15) is 0 Å². The Morgan fingerprint density at radius 1 is 1.16 bits per heavy atom. The lowest BCUT2D eigenvalue weighted by atomic mass is 9.98. The lowest BCUT2D eigenvalue weighted by Gasteiger charge is -2.35. The minimum Gasteiger partial charge on any atom is -0.494 e. The van der Waals surface area contributed by atoms with Gasteiger partial charge in [-0.3, -0.25) is 9.69 Å². The van der Waals surface area contributed by atoms with Crippen LogP contribution in [0, 0.1) is 0 Å². The zero-order chi connectivity index (χ0) is 22.3. The molecule has 0 fully saturated rings. The second-order valence-corrected chi connectivity index (χ2v) is 8.99. The standard InChI is InChI=1S/C26H31N3O2S/c1-3-23(29-14-13-19-7-5-6-8-21(19)17-29)16-27-25(30)15-22-18-32-26(28-22)20-9-11-24(12-10-20)31-4-2/h5-12,18,23H,3-4,13-17H2,1-2H3,(H,27,30). The minimum absolute atomic E-state index is 0.0319. The van der Waals surface area contributed by atoms with E-state index in [1.165, 1.54) is 11.1 Å². The van der Waals surface area contributed by atoms with Gasteiger partial charge in [0.05, 0.1) is 18.7 Å². The summed E-state index contributed by atoms with van der Waals surface area (Å²) in [4.78, 5) is 19.8. The number of nitrogens with zero attached hydrogens (tertiary/aromatic N) is 2. The topological polar surface area (TPSA) is 54.5 Å². The van der Waals surface area contributed by atoms with E-state index in [1.807, 2.05) is 36.6 Å². The second-order valence-electron chi connectivity index (χ2n) is 8.13. The highest BCUT2D eigenvalue weighted by molar-refractivity contribution is 7.13. The Hall–Kier alpha value is -2.70. The van der Waals surface area contributed by atoms with E-state index in [9.17, 15) is 4.79 Å². The maximum atomic E-state index is 12.6. The van der Waals surface area contributed by atoms with E-state index in [-0.39, 0.29) is 5.91 Å². The van der Waals surface area contributed by atoms with Crippen LogP contribution in [0.15, 0.2) is 53.9 Å². The van der Waals surface area contributed by atoms with Crippen LogP contribution in [0.2, 0.25) is 0 Å². The molecule has 1 atom stereocenters. The van der Waals surface area contributed by atoms with Gasteiger partial charge < -0.3 is 10.1 Å². The van der Waals surface area contributed by atoms with Crippen LogP contribution < -0.4 is 10.1 Å². The highest BCUT2D eigenvalue weighted by Crippen LogP contribution is 2.26. The lowest BCUT2D eigenvalue weighted by molar-refractivity contribution is -0.120. The molecular weight excluding hydrogens is 418 g/mol. The van der Waals surface area contributed by atoms with Gasteiger partial charge >= 0.3 is 0 Å². The van der Waals surface area contributed by atoms with E-state index in [0.717, 1.165) is 47.9 Å². The van der Waals surface area contributed by atoms with E-state index < -0.39 is 0 Å². The van der Waals surface area contributed by atoms with Crippen molar-refractivity contribution in [3.05, 3.63) is 70.7 Å². The third-order valence-electron chi connectivity index (χ3n) is 5.99. The quantitative estimate of drug-likeness (QED) is 0.514. The van der Waals surface area contributed by atoms with Gasteiger partial charge in [-0.1, -0.05) is 31.2 Å². The molecule has 6 heteroatoms. The summed E-state index contributed by atoms with van der Waals surface area (Å²) in [5.41, 5.74) is 4.72. The van der Waals surface area contributed by atoms with Crippen molar-refractivity contribution in [3.8, 4) is 16.3 Å². The van der Waals surface area contributed by atoms with E-state index in [2.05, 4.69) is 46.4 Å². The van der Waals surface area contributed by atoms with Crippen molar-refractivity contribution in [2.24, 2.45) is 0 Å². The summed E-state index contributed by atoms with van der Waals surface area (Å²) in [7, 11) is 0. The first-order chi connectivity index (χ1) is 15.7. The zero-order valence-corrected chi connectivity index (χ0v) is 19.7. The fourth-order valence-corrected chi connectivity index (χ4v) is 5.03. The van der Waals surface area contributed by atoms with Crippen LogP contribution in [0.3, 0.4) is 0 Å².